The van der Waals surface area contributed by atoms with Crippen molar-refractivity contribution in [3.05, 3.63) is 35.4 Å². The fourth-order valence-corrected chi connectivity index (χ4v) is 3.09. The lowest BCUT2D eigenvalue weighted by Gasteiger charge is -2.29. The fraction of sp³-hybridized carbons (Fsp3) is 0.588. The number of piperazine rings is 1. The number of ether oxygens (including phenoxy) is 1. The number of carbonyl (C=O) groups is 1. The third-order valence-electron chi connectivity index (χ3n) is 4.47. The normalized spacial score (nSPS) is 19.0. The Morgan fingerprint density at radius 3 is 2.73 bits per heavy atom. The first-order valence-electron chi connectivity index (χ1n) is 8.18. The average Bonchev–Trinajstić information content (AvgIpc) is 2.59. The van der Waals surface area contributed by atoms with Crippen molar-refractivity contribution in [1.82, 2.24) is 15.1 Å². The summed E-state index contributed by atoms with van der Waals surface area (Å²) >= 11 is 0. The number of amides is 1. The van der Waals surface area contributed by atoms with E-state index in [1.165, 1.54) is 11.1 Å². The lowest BCUT2D eigenvalue weighted by molar-refractivity contribution is -0.137. The molecule has 0 bridgehead atoms. The van der Waals surface area contributed by atoms with Gasteiger partial charge in [0.05, 0.1) is 6.61 Å². The molecule has 0 aliphatic carbocycles. The number of carbonyl (C=O) groups excluding carboxylic acids is 1. The lowest BCUT2D eigenvalue weighted by atomic mass is 10.00. The monoisotopic (exact) mass is 303 g/mol. The first kappa shape index (κ1) is 15.5. The Hall–Kier alpha value is -1.43. The van der Waals surface area contributed by atoms with Gasteiger partial charge in [-0.05, 0) is 17.5 Å². The Kier molecular flexibility index (Phi) is 5.43. The maximum Gasteiger partial charge on any atom is 0.248 e. The molecule has 0 atom stereocenters. The van der Waals surface area contributed by atoms with Gasteiger partial charge in [-0.3, -0.25) is 9.69 Å². The Bertz CT molecular complexity index is 500. The van der Waals surface area contributed by atoms with Crippen molar-refractivity contribution in [3.63, 3.8) is 0 Å². The van der Waals surface area contributed by atoms with Crippen LogP contribution in [0.15, 0.2) is 24.3 Å². The van der Waals surface area contributed by atoms with Gasteiger partial charge in [-0.1, -0.05) is 24.3 Å². The predicted molar refractivity (Wildman–Crippen MR) is 85.7 cm³/mol. The van der Waals surface area contributed by atoms with Crippen LogP contribution in [0.3, 0.4) is 0 Å². The van der Waals surface area contributed by atoms with E-state index in [-0.39, 0.29) is 12.5 Å². The molecule has 2 aliphatic rings. The third kappa shape index (κ3) is 4.06. The molecule has 2 aliphatic heterocycles. The summed E-state index contributed by atoms with van der Waals surface area (Å²) in [6.45, 7) is 7.51. The van der Waals surface area contributed by atoms with Crippen molar-refractivity contribution in [2.24, 2.45) is 0 Å². The maximum atomic E-state index is 12.2. The summed E-state index contributed by atoms with van der Waals surface area (Å²) in [6.07, 6.45) is 0.947. The number of benzene rings is 1. The summed E-state index contributed by atoms with van der Waals surface area (Å²) in [5.74, 6) is 0.106. The number of rotatable bonds is 5. The van der Waals surface area contributed by atoms with E-state index in [1.54, 1.807) is 0 Å². The second-order valence-electron chi connectivity index (χ2n) is 5.98. The van der Waals surface area contributed by atoms with Crippen molar-refractivity contribution in [2.45, 2.75) is 13.0 Å². The summed E-state index contributed by atoms with van der Waals surface area (Å²) in [5.41, 5.74) is 2.63. The van der Waals surface area contributed by atoms with Crippen LogP contribution in [-0.4, -0.2) is 68.2 Å². The highest BCUT2D eigenvalue weighted by Crippen LogP contribution is 2.18. The summed E-state index contributed by atoms with van der Waals surface area (Å²) in [4.78, 5) is 16.5. The zero-order chi connectivity index (χ0) is 15.2. The molecule has 5 heteroatoms. The Morgan fingerprint density at radius 1 is 1.14 bits per heavy atom. The number of hydrogen-bond acceptors (Lipinski definition) is 4. The first-order chi connectivity index (χ1) is 10.8. The standard InChI is InChI=1S/C17H25N3O2/c21-17(14-22-12-11-19-9-6-18-7-10-19)20-8-5-15-3-1-2-4-16(15)13-20/h1-4,18H,5-14H2. The van der Waals surface area contributed by atoms with Gasteiger partial charge in [0.2, 0.25) is 5.91 Å². The van der Waals surface area contributed by atoms with Gasteiger partial charge in [-0.25, -0.2) is 0 Å². The smallest absolute Gasteiger partial charge is 0.248 e. The maximum absolute atomic E-state index is 12.2. The molecule has 0 unspecified atom stereocenters. The van der Waals surface area contributed by atoms with Crippen molar-refractivity contribution >= 4 is 5.91 Å². The molecule has 0 aromatic heterocycles. The second kappa shape index (κ2) is 7.72. The van der Waals surface area contributed by atoms with Crippen LogP contribution in [0.2, 0.25) is 0 Å². The molecule has 22 heavy (non-hydrogen) atoms. The number of hydrogen-bond donors (Lipinski definition) is 1. The quantitative estimate of drug-likeness (QED) is 0.804. The fourth-order valence-electron chi connectivity index (χ4n) is 3.09. The van der Waals surface area contributed by atoms with Crippen molar-refractivity contribution in [2.75, 3.05) is 52.5 Å². The zero-order valence-corrected chi connectivity index (χ0v) is 13.1. The highest BCUT2D eigenvalue weighted by atomic mass is 16.5. The van der Waals surface area contributed by atoms with Gasteiger partial charge in [0.15, 0.2) is 0 Å². The van der Waals surface area contributed by atoms with Gasteiger partial charge in [0.25, 0.3) is 0 Å². The van der Waals surface area contributed by atoms with Crippen LogP contribution in [0.25, 0.3) is 0 Å². The van der Waals surface area contributed by atoms with Crippen molar-refractivity contribution < 1.29 is 9.53 Å². The van der Waals surface area contributed by atoms with Crippen LogP contribution >= 0.6 is 0 Å². The van der Waals surface area contributed by atoms with E-state index in [2.05, 4.69) is 28.4 Å². The summed E-state index contributed by atoms with van der Waals surface area (Å²) < 4.78 is 5.59. The predicted octanol–water partition coefficient (Wildman–Crippen LogP) is 0.493. The van der Waals surface area contributed by atoms with E-state index in [9.17, 15) is 4.79 Å². The van der Waals surface area contributed by atoms with Gasteiger partial charge >= 0.3 is 0 Å². The van der Waals surface area contributed by atoms with E-state index in [0.717, 1.165) is 52.2 Å². The van der Waals surface area contributed by atoms with Crippen LogP contribution in [0, 0.1) is 0 Å². The Labute approximate surface area is 132 Å². The molecule has 5 nitrogen and oxygen atoms in total. The lowest BCUT2D eigenvalue weighted by Crippen LogP contribution is -2.45. The molecular weight excluding hydrogens is 278 g/mol. The van der Waals surface area contributed by atoms with Gasteiger partial charge in [-0.2, -0.15) is 0 Å². The number of nitrogens with zero attached hydrogens (tertiary/aromatic N) is 2. The minimum Gasteiger partial charge on any atom is -0.370 e. The van der Waals surface area contributed by atoms with E-state index >= 15 is 0 Å². The highest BCUT2D eigenvalue weighted by molar-refractivity contribution is 5.77. The summed E-state index contributed by atoms with van der Waals surface area (Å²) in [7, 11) is 0. The Morgan fingerprint density at radius 2 is 1.91 bits per heavy atom. The molecule has 1 saturated heterocycles. The van der Waals surface area contributed by atoms with Crippen LogP contribution in [0.1, 0.15) is 11.1 Å². The molecule has 0 radical (unpaired) electrons. The minimum atomic E-state index is 0.106. The molecule has 0 saturated carbocycles. The molecule has 1 fully saturated rings. The number of fused-ring (bicyclic) bond motifs is 1. The molecule has 1 amide bonds. The SMILES string of the molecule is O=C(COCCN1CCNCC1)N1CCc2ccccc2C1. The first-order valence-corrected chi connectivity index (χ1v) is 8.18. The van der Waals surface area contributed by atoms with E-state index in [1.807, 2.05) is 11.0 Å². The molecule has 1 aromatic rings. The van der Waals surface area contributed by atoms with Crippen LogP contribution < -0.4 is 5.32 Å². The van der Waals surface area contributed by atoms with Gasteiger partial charge < -0.3 is 15.0 Å². The molecule has 3 rings (SSSR count). The van der Waals surface area contributed by atoms with E-state index in [0.29, 0.717) is 6.61 Å². The van der Waals surface area contributed by atoms with Gasteiger partial charge in [0, 0.05) is 45.8 Å². The van der Waals surface area contributed by atoms with Gasteiger partial charge in [0.1, 0.15) is 6.61 Å². The molecule has 120 valence electrons. The molecular formula is C17H25N3O2. The molecule has 1 N–H and O–H groups in total. The average molecular weight is 303 g/mol. The van der Waals surface area contributed by atoms with E-state index < -0.39 is 0 Å². The summed E-state index contributed by atoms with van der Waals surface area (Å²) in [6, 6.07) is 8.37. The molecule has 0 spiro atoms. The summed E-state index contributed by atoms with van der Waals surface area (Å²) in [5, 5.41) is 3.33. The highest BCUT2D eigenvalue weighted by Gasteiger charge is 2.20. The largest absolute Gasteiger partial charge is 0.370 e. The van der Waals surface area contributed by atoms with Crippen molar-refractivity contribution in [1.29, 1.82) is 0 Å². The second-order valence-corrected chi connectivity index (χ2v) is 5.98. The topological polar surface area (TPSA) is 44.8 Å². The Balaban J connectivity index is 1.37. The van der Waals surface area contributed by atoms with Crippen LogP contribution in [0.5, 0.6) is 0 Å². The molecule has 2 heterocycles. The third-order valence-corrected chi connectivity index (χ3v) is 4.47. The van der Waals surface area contributed by atoms with Crippen molar-refractivity contribution in [3.8, 4) is 0 Å². The van der Waals surface area contributed by atoms with Gasteiger partial charge in [-0.15, -0.1) is 0 Å². The number of nitrogens with one attached hydrogen (secondary N) is 1. The van der Waals surface area contributed by atoms with Crippen LogP contribution in [0.4, 0.5) is 0 Å². The molecule has 1 aromatic carbocycles. The van der Waals surface area contributed by atoms with E-state index in [4.69, 9.17) is 4.74 Å². The zero-order valence-electron chi connectivity index (χ0n) is 13.1. The minimum absolute atomic E-state index is 0.106. The van der Waals surface area contributed by atoms with Crippen LogP contribution in [-0.2, 0) is 22.5 Å².